The van der Waals surface area contributed by atoms with Gasteiger partial charge < -0.3 is 37.9 Å². The van der Waals surface area contributed by atoms with Crippen LogP contribution >= 0.6 is 0 Å². The second-order valence-corrected chi connectivity index (χ2v) is 16.5. The van der Waals surface area contributed by atoms with E-state index in [4.69, 9.17) is 32.8 Å². The molecule has 0 aromatic carbocycles. The highest BCUT2D eigenvalue weighted by molar-refractivity contribution is 5.88. The maximum absolute atomic E-state index is 14.0. The lowest BCUT2D eigenvalue weighted by Crippen LogP contribution is -2.82. The SMILES string of the molecule is CC=C(C)C(=O)OC1C2(C)CC3(OC(C)=O)C(C)(C4CCC5(C)C(=C4C(OC(=O)C(C)C)C13OC(C)=O)C(O)C(=O)OC5c1ccoc1)C2CC(=O)OC. The van der Waals surface area contributed by atoms with E-state index >= 15 is 0 Å². The topological polar surface area (TPSA) is 191 Å². The summed E-state index contributed by atoms with van der Waals surface area (Å²) in [7, 11) is 1.25. The second kappa shape index (κ2) is 13.1. The number of ether oxygens (including phenoxy) is 6. The second-order valence-electron chi connectivity index (χ2n) is 16.5. The van der Waals surface area contributed by atoms with Crippen LogP contribution in [-0.4, -0.2) is 77.5 Å². The molecule has 1 aromatic rings. The molecule has 5 aliphatic rings. The Labute approximate surface area is 313 Å². The van der Waals surface area contributed by atoms with E-state index in [1.807, 2.05) is 13.8 Å². The summed E-state index contributed by atoms with van der Waals surface area (Å²) < 4.78 is 42.4. The molecule has 6 rings (SSSR count). The van der Waals surface area contributed by atoms with E-state index in [-0.39, 0.29) is 29.6 Å². The first-order chi connectivity index (χ1) is 25.2. The summed E-state index contributed by atoms with van der Waals surface area (Å²) in [5, 5.41) is 12.0. The van der Waals surface area contributed by atoms with Crippen LogP contribution in [0.5, 0.6) is 0 Å². The number of carbonyl (C=O) groups excluding carboxylic acids is 6. The summed E-state index contributed by atoms with van der Waals surface area (Å²) in [4.78, 5) is 82.3. The van der Waals surface area contributed by atoms with Crippen LogP contribution < -0.4 is 0 Å². The zero-order valence-corrected chi connectivity index (χ0v) is 32.4. The van der Waals surface area contributed by atoms with E-state index in [1.165, 1.54) is 26.6 Å². The molecule has 2 heterocycles. The predicted molar refractivity (Wildman–Crippen MR) is 185 cm³/mol. The van der Waals surface area contributed by atoms with Crippen LogP contribution in [0.15, 0.2) is 45.8 Å². The van der Waals surface area contributed by atoms with Gasteiger partial charge in [-0.1, -0.05) is 40.7 Å². The molecule has 4 fully saturated rings. The fourth-order valence-electron chi connectivity index (χ4n) is 11.2. The fourth-order valence-corrected chi connectivity index (χ4v) is 11.2. The third-order valence-electron chi connectivity index (χ3n) is 13.4. The Balaban J connectivity index is 1.80. The maximum Gasteiger partial charge on any atom is 0.339 e. The van der Waals surface area contributed by atoms with Crippen molar-refractivity contribution in [3.05, 3.63) is 47.0 Å². The number of hydrogen-bond acceptors (Lipinski definition) is 14. The monoisotopic (exact) mass is 754 g/mol. The molecule has 1 aliphatic heterocycles. The molecule has 0 spiro atoms. The van der Waals surface area contributed by atoms with Gasteiger partial charge in [-0.3, -0.25) is 19.2 Å². The number of furan rings is 1. The predicted octanol–water partition coefficient (Wildman–Crippen LogP) is 4.62. The van der Waals surface area contributed by atoms with Crippen molar-refractivity contribution in [2.24, 2.45) is 34.0 Å². The third-order valence-corrected chi connectivity index (χ3v) is 13.4. The lowest BCUT2D eigenvalue weighted by atomic mass is 9.40. The number of hydrogen-bond donors (Lipinski definition) is 1. The number of allylic oxidation sites excluding steroid dienone is 1. The lowest BCUT2D eigenvalue weighted by Gasteiger charge is -2.69. The lowest BCUT2D eigenvalue weighted by molar-refractivity contribution is -0.323. The van der Waals surface area contributed by atoms with Crippen LogP contribution in [-0.2, 0) is 57.2 Å². The van der Waals surface area contributed by atoms with Crippen LogP contribution in [0.3, 0.4) is 0 Å². The van der Waals surface area contributed by atoms with Crippen molar-refractivity contribution in [3.63, 3.8) is 0 Å². The first kappa shape index (κ1) is 39.2. The Hall–Kier alpha value is -4.46. The van der Waals surface area contributed by atoms with E-state index < -0.39 is 105 Å². The van der Waals surface area contributed by atoms with Gasteiger partial charge in [0.15, 0.2) is 23.9 Å². The molecule has 0 radical (unpaired) electrons. The van der Waals surface area contributed by atoms with Gasteiger partial charge in [0.1, 0.15) is 6.10 Å². The Morgan fingerprint density at radius 1 is 1.04 bits per heavy atom. The minimum atomic E-state index is -2.29. The fraction of sp³-hybridized carbons (Fsp3) is 0.650. The first-order valence-electron chi connectivity index (χ1n) is 18.4. The normalized spacial score (nSPS) is 39.3. The summed E-state index contributed by atoms with van der Waals surface area (Å²) in [5.74, 6) is -7.00. The standard InChI is InChI=1S/C40H50O14/c1-11-20(4)33(46)52-35-37(8)18-39(53-21(5)41)38(9,25(37)16-26(43)48-10)24-12-14-36(7)28(29(44)34(47)50-30(36)23-13-15-49-17-23)27(24)31(51-32(45)19(2)3)40(35,39)54-22(6)42/h11,13,15,17,19,24-25,29-31,35,44H,12,14,16,18H2,1-10H3. The molecule has 2 bridgehead atoms. The summed E-state index contributed by atoms with van der Waals surface area (Å²) in [6.07, 6.45) is -1.27. The molecule has 1 aromatic heterocycles. The number of fused-ring (bicyclic) bond motifs is 4. The zero-order valence-electron chi connectivity index (χ0n) is 32.4. The Kier molecular flexibility index (Phi) is 9.51. The van der Waals surface area contributed by atoms with Crippen LogP contribution in [0.25, 0.3) is 0 Å². The summed E-state index contributed by atoms with van der Waals surface area (Å²) >= 11 is 0. The van der Waals surface area contributed by atoms with Crippen LogP contribution in [0.1, 0.15) is 99.7 Å². The molecule has 0 amide bonds. The molecule has 294 valence electrons. The molecule has 11 atom stereocenters. The highest BCUT2D eigenvalue weighted by atomic mass is 16.7. The van der Waals surface area contributed by atoms with Gasteiger partial charge in [-0.25, -0.2) is 9.59 Å². The van der Waals surface area contributed by atoms with Crippen molar-refractivity contribution in [2.75, 3.05) is 7.11 Å². The van der Waals surface area contributed by atoms with Gasteiger partial charge in [0.2, 0.25) is 5.60 Å². The third kappa shape index (κ3) is 5.07. The quantitative estimate of drug-likeness (QED) is 0.159. The van der Waals surface area contributed by atoms with Crippen molar-refractivity contribution in [1.29, 1.82) is 0 Å². The smallest absolute Gasteiger partial charge is 0.339 e. The number of cyclic esters (lactones) is 1. The van der Waals surface area contributed by atoms with Gasteiger partial charge in [0, 0.05) is 54.1 Å². The van der Waals surface area contributed by atoms with Crippen LogP contribution in [0.4, 0.5) is 0 Å². The number of rotatable bonds is 9. The van der Waals surface area contributed by atoms with Crippen molar-refractivity contribution >= 4 is 35.8 Å². The van der Waals surface area contributed by atoms with Gasteiger partial charge in [-0.15, -0.1) is 0 Å². The van der Waals surface area contributed by atoms with Crippen molar-refractivity contribution in [2.45, 2.75) is 124 Å². The Morgan fingerprint density at radius 3 is 2.26 bits per heavy atom. The molecule has 4 aliphatic carbocycles. The van der Waals surface area contributed by atoms with Crippen molar-refractivity contribution in [1.82, 2.24) is 0 Å². The minimum absolute atomic E-state index is 0.0772. The first-order valence-corrected chi connectivity index (χ1v) is 18.4. The van der Waals surface area contributed by atoms with Gasteiger partial charge >= 0.3 is 35.8 Å². The van der Waals surface area contributed by atoms with Crippen LogP contribution in [0.2, 0.25) is 0 Å². The molecule has 14 heteroatoms. The summed E-state index contributed by atoms with van der Waals surface area (Å²) in [6.45, 7) is 14.2. The molecule has 1 saturated heterocycles. The molecular formula is C40H50O14. The molecular weight excluding hydrogens is 704 g/mol. The molecule has 11 unspecified atom stereocenters. The summed E-state index contributed by atoms with van der Waals surface area (Å²) in [5.41, 5.74) is -6.80. The van der Waals surface area contributed by atoms with Crippen LogP contribution in [0, 0.1) is 34.0 Å². The maximum atomic E-state index is 14.0. The van der Waals surface area contributed by atoms with Gasteiger partial charge in [0.25, 0.3) is 0 Å². The Morgan fingerprint density at radius 2 is 1.70 bits per heavy atom. The van der Waals surface area contributed by atoms with E-state index in [1.54, 1.807) is 46.8 Å². The van der Waals surface area contributed by atoms with E-state index in [2.05, 4.69) is 0 Å². The van der Waals surface area contributed by atoms with Gasteiger partial charge in [-0.2, -0.15) is 0 Å². The molecule has 14 nitrogen and oxygen atoms in total. The van der Waals surface area contributed by atoms with E-state index in [0.717, 1.165) is 6.92 Å². The Bertz CT molecular complexity index is 1840. The number of aliphatic hydroxyl groups is 1. The number of methoxy groups -OCH3 is 1. The largest absolute Gasteiger partial charge is 0.472 e. The highest BCUT2D eigenvalue weighted by Crippen LogP contribution is 2.82. The number of carbonyl (C=O) groups is 6. The minimum Gasteiger partial charge on any atom is -0.472 e. The van der Waals surface area contributed by atoms with Gasteiger partial charge in [-0.05, 0) is 55.7 Å². The average Bonchev–Trinajstić information content (AvgIpc) is 3.75. The van der Waals surface area contributed by atoms with Gasteiger partial charge in [0.05, 0.1) is 25.6 Å². The zero-order chi connectivity index (χ0) is 39.9. The average molecular weight is 755 g/mol. The number of aliphatic hydroxyl groups excluding tert-OH is 1. The van der Waals surface area contributed by atoms with Crippen molar-refractivity contribution in [3.8, 4) is 0 Å². The highest BCUT2D eigenvalue weighted by Gasteiger charge is 2.94. The molecule has 3 saturated carbocycles. The number of esters is 6. The molecule has 1 N–H and O–H groups in total. The summed E-state index contributed by atoms with van der Waals surface area (Å²) in [6, 6.07) is 1.65. The van der Waals surface area contributed by atoms with Crippen molar-refractivity contribution < 1.29 is 66.7 Å². The van der Waals surface area contributed by atoms with E-state index in [0.29, 0.717) is 18.4 Å². The van der Waals surface area contributed by atoms with E-state index in [9.17, 15) is 33.9 Å². The molecule has 54 heavy (non-hydrogen) atoms.